The molecule has 0 spiro atoms. The molecule has 0 fully saturated rings. The maximum atomic E-state index is 12.3. The van der Waals surface area contributed by atoms with Crippen LogP contribution in [0.5, 0.6) is 11.5 Å². The number of esters is 1. The Morgan fingerprint density at radius 1 is 0.719 bits per heavy atom. The molecule has 168 valence electrons. The van der Waals surface area contributed by atoms with Crippen LogP contribution in [0.2, 0.25) is 0 Å². The summed E-state index contributed by atoms with van der Waals surface area (Å²) in [6, 6.07) is 12.6. The van der Waals surface area contributed by atoms with E-state index in [2.05, 4.69) is 14.5 Å². The zero-order chi connectivity index (χ0) is 23.5. The summed E-state index contributed by atoms with van der Waals surface area (Å²) < 4.78 is 86.3. The van der Waals surface area contributed by atoms with Crippen molar-refractivity contribution in [1.29, 1.82) is 0 Å². The molecule has 32 heavy (non-hydrogen) atoms. The maximum absolute atomic E-state index is 12.3. The van der Waals surface area contributed by atoms with E-state index >= 15 is 0 Å². The number of halogens is 6. The molecule has 5 nitrogen and oxygen atoms in total. The highest BCUT2D eigenvalue weighted by Crippen LogP contribution is 2.31. The molecule has 0 aliphatic rings. The van der Waals surface area contributed by atoms with Gasteiger partial charge in [-0.2, -0.15) is 0 Å². The normalized spacial score (nSPS) is 11.7. The number of nitrogens with zero attached hydrogens (tertiary/aromatic N) is 1. The number of methoxy groups -OCH3 is 1. The molecule has 0 aliphatic carbocycles. The summed E-state index contributed by atoms with van der Waals surface area (Å²) in [5.41, 5.74) is 1.16. The molecule has 1 aromatic heterocycles. The summed E-state index contributed by atoms with van der Waals surface area (Å²) in [4.78, 5) is 16.5. The largest absolute Gasteiger partial charge is 0.573 e. The third kappa shape index (κ3) is 5.90. The Morgan fingerprint density at radius 3 is 1.62 bits per heavy atom. The Balaban J connectivity index is 1.94. The molecule has 0 bridgehead atoms. The Labute approximate surface area is 177 Å². The van der Waals surface area contributed by atoms with E-state index in [-0.39, 0.29) is 17.0 Å². The van der Waals surface area contributed by atoms with Crippen molar-refractivity contribution >= 4 is 5.97 Å². The molecular formula is C21H13F6NO4. The van der Waals surface area contributed by atoms with Crippen LogP contribution in [0.3, 0.4) is 0 Å². The summed E-state index contributed by atoms with van der Waals surface area (Å²) in [6.45, 7) is 0. The number of ether oxygens (including phenoxy) is 3. The van der Waals surface area contributed by atoms with Gasteiger partial charge in [-0.3, -0.25) is 0 Å². The van der Waals surface area contributed by atoms with Gasteiger partial charge in [-0.1, -0.05) is 12.1 Å². The van der Waals surface area contributed by atoms with E-state index in [1.54, 1.807) is 0 Å². The number of alkyl halides is 6. The van der Waals surface area contributed by atoms with E-state index in [0.717, 1.165) is 31.4 Å². The van der Waals surface area contributed by atoms with E-state index in [9.17, 15) is 31.1 Å². The van der Waals surface area contributed by atoms with Gasteiger partial charge in [0.25, 0.3) is 0 Å². The topological polar surface area (TPSA) is 57.7 Å². The monoisotopic (exact) mass is 457 g/mol. The average molecular weight is 457 g/mol. The predicted molar refractivity (Wildman–Crippen MR) is 99.8 cm³/mol. The van der Waals surface area contributed by atoms with E-state index < -0.39 is 30.2 Å². The maximum Gasteiger partial charge on any atom is 0.573 e. The number of hydrogen-bond acceptors (Lipinski definition) is 5. The lowest BCUT2D eigenvalue weighted by Crippen LogP contribution is -2.17. The minimum atomic E-state index is -4.84. The molecule has 3 rings (SSSR count). The zero-order valence-electron chi connectivity index (χ0n) is 16.1. The SMILES string of the molecule is COC(=O)c1nc(-c2ccc(OC(F)(F)F)cc2)ccc1-c1ccc(OC(F)(F)F)cc1. The van der Waals surface area contributed by atoms with Gasteiger partial charge >= 0.3 is 18.7 Å². The van der Waals surface area contributed by atoms with E-state index in [0.29, 0.717) is 11.1 Å². The number of hydrogen-bond donors (Lipinski definition) is 0. The number of pyridine rings is 1. The summed E-state index contributed by atoms with van der Waals surface area (Å²) in [6.07, 6.45) is -9.68. The van der Waals surface area contributed by atoms with Crippen LogP contribution in [-0.4, -0.2) is 30.8 Å². The number of aromatic nitrogens is 1. The average Bonchev–Trinajstić information content (AvgIpc) is 2.72. The minimum Gasteiger partial charge on any atom is -0.464 e. The van der Waals surface area contributed by atoms with Crippen molar-refractivity contribution in [1.82, 2.24) is 4.98 Å². The zero-order valence-corrected chi connectivity index (χ0v) is 16.1. The molecule has 0 unspecified atom stereocenters. The van der Waals surface area contributed by atoms with Gasteiger partial charge in [0.15, 0.2) is 5.69 Å². The van der Waals surface area contributed by atoms with Crippen LogP contribution in [0, 0.1) is 0 Å². The van der Waals surface area contributed by atoms with Gasteiger partial charge in [-0.05, 0) is 54.1 Å². The van der Waals surface area contributed by atoms with E-state index in [1.807, 2.05) is 0 Å². The van der Waals surface area contributed by atoms with Crippen LogP contribution in [0.4, 0.5) is 26.3 Å². The van der Waals surface area contributed by atoms with Crippen LogP contribution in [-0.2, 0) is 4.74 Å². The first-order chi connectivity index (χ1) is 14.9. The van der Waals surface area contributed by atoms with Crippen molar-refractivity contribution in [3.05, 3.63) is 66.4 Å². The van der Waals surface area contributed by atoms with Crippen molar-refractivity contribution in [3.63, 3.8) is 0 Å². The summed E-state index contributed by atoms with van der Waals surface area (Å²) in [5.74, 6) is -1.67. The standard InChI is InChI=1S/C21H13F6NO4/c1-30-19(29)18-16(12-2-6-14(7-3-12)31-20(22,23)24)10-11-17(28-18)13-4-8-15(9-5-13)32-21(25,26)27/h2-11H,1H3. The third-order valence-electron chi connectivity index (χ3n) is 4.06. The first-order valence-electron chi connectivity index (χ1n) is 8.77. The fraction of sp³-hybridized carbons (Fsp3) is 0.143. The molecule has 0 aliphatic heterocycles. The first kappa shape index (κ1) is 22.9. The number of carbonyl (C=O) groups is 1. The summed E-state index contributed by atoms with van der Waals surface area (Å²) >= 11 is 0. The van der Waals surface area contributed by atoms with Crippen LogP contribution in [0.15, 0.2) is 60.7 Å². The molecule has 1 heterocycles. The molecule has 0 radical (unpaired) electrons. The quantitative estimate of drug-likeness (QED) is 0.348. The fourth-order valence-electron chi connectivity index (χ4n) is 2.77. The lowest BCUT2D eigenvalue weighted by molar-refractivity contribution is -0.275. The highest BCUT2D eigenvalue weighted by molar-refractivity contribution is 5.96. The highest BCUT2D eigenvalue weighted by Gasteiger charge is 2.31. The molecule has 0 atom stereocenters. The van der Waals surface area contributed by atoms with Crippen molar-refractivity contribution < 1.29 is 45.3 Å². The Hall–Kier alpha value is -3.76. The van der Waals surface area contributed by atoms with E-state index in [1.165, 1.54) is 36.4 Å². The predicted octanol–water partition coefficient (Wildman–Crippen LogP) is 6.00. The third-order valence-corrected chi connectivity index (χ3v) is 4.06. The van der Waals surface area contributed by atoms with Crippen molar-refractivity contribution in [2.45, 2.75) is 12.7 Å². The minimum absolute atomic E-state index is 0.134. The Kier molecular flexibility index (Phi) is 6.28. The summed E-state index contributed by atoms with van der Waals surface area (Å²) in [7, 11) is 1.13. The smallest absolute Gasteiger partial charge is 0.464 e. The second kappa shape index (κ2) is 8.77. The highest BCUT2D eigenvalue weighted by atomic mass is 19.4. The molecule has 0 saturated carbocycles. The molecule has 0 N–H and O–H groups in total. The second-order valence-corrected chi connectivity index (χ2v) is 6.23. The Bertz CT molecular complexity index is 1090. The number of rotatable bonds is 5. The van der Waals surface area contributed by atoms with Crippen LogP contribution in [0.1, 0.15) is 10.5 Å². The summed E-state index contributed by atoms with van der Waals surface area (Å²) in [5, 5.41) is 0. The van der Waals surface area contributed by atoms with Crippen molar-refractivity contribution in [2.24, 2.45) is 0 Å². The van der Waals surface area contributed by atoms with Crippen LogP contribution < -0.4 is 9.47 Å². The fourth-order valence-corrected chi connectivity index (χ4v) is 2.77. The van der Waals surface area contributed by atoms with Gasteiger partial charge in [0.05, 0.1) is 12.8 Å². The number of benzene rings is 2. The second-order valence-electron chi connectivity index (χ2n) is 6.23. The molecule has 0 amide bonds. The van der Waals surface area contributed by atoms with Gasteiger partial charge in [0.2, 0.25) is 0 Å². The van der Waals surface area contributed by atoms with Crippen LogP contribution in [0.25, 0.3) is 22.4 Å². The lowest BCUT2D eigenvalue weighted by atomic mass is 10.0. The van der Waals surface area contributed by atoms with Crippen LogP contribution >= 0.6 is 0 Å². The molecular weight excluding hydrogens is 444 g/mol. The first-order valence-corrected chi connectivity index (χ1v) is 8.77. The molecule has 11 heteroatoms. The van der Waals surface area contributed by atoms with Crippen molar-refractivity contribution in [2.75, 3.05) is 7.11 Å². The van der Waals surface area contributed by atoms with E-state index in [4.69, 9.17) is 4.74 Å². The van der Waals surface area contributed by atoms with Gasteiger partial charge in [-0.25, -0.2) is 9.78 Å². The molecule has 2 aromatic carbocycles. The number of carbonyl (C=O) groups excluding carboxylic acids is 1. The lowest BCUT2D eigenvalue weighted by Gasteiger charge is -2.12. The Morgan fingerprint density at radius 2 is 1.19 bits per heavy atom. The van der Waals surface area contributed by atoms with Gasteiger partial charge < -0.3 is 14.2 Å². The van der Waals surface area contributed by atoms with Gasteiger partial charge in [-0.15, -0.1) is 26.3 Å². The molecule has 0 saturated heterocycles. The van der Waals surface area contributed by atoms with Gasteiger partial charge in [0.1, 0.15) is 11.5 Å². The van der Waals surface area contributed by atoms with Gasteiger partial charge in [0, 0.05) is 11.1 Å². The molecule has 3 aromatic rings. The van der Waals surface area contributed by atoms with Crippen molar-refractivity contribution in [3.8, 4) is 33.9 Å².